The van der Waals surface area contributed by atoms with E-state index in [0.717, 1.165) is 5.56 Å². The Morgan fingerprint density at radius 2 is 1.31 bits per heavy atom. The standard InChI is InChI=1S/C42H50N4O16/c1-21(6-5-9-28(48)45(16-17-47)19-22-7-3-2-4-8-22)42(60)26-18-25(44-38(56)36-32(52)30(50)34(54)40(58)62-36)14-15-27(26)46(41(42)59)20-23-10-12-24(13-11-23)43-37(55)35-31(51)29(49)33(53)39(57)61-35/h2-8,10-15,18,21,29-36,39-40,47,49-54,57-58,60H,9,16-17,19-20H2,1H3,(H,43,55)(H,44,56)/b6-5+/t21-,29+,30+,31+,32+,33-,34-,35+,36+,39-,40-,42+/m1/s1. The summed E-state index contributed by atoms with van der Waals surface area (Å²) in [4.78, 5) is 56.5. The van der Waals surface area contributed by atoms with Crippen molar-refractivity contribution in [2.75, 3.05) is 28.7 Å². The number of nitrogens with zero attached hydrogens (tertiary/aromatic N) is 2. The van der Waals surface area contributed by atoms with Crippen LogP contribution in [0.3, 0.4) is 0 Å². The van der Waals surface area contributed by atoms with Gasteiger partial charge in [-0.05, 0) is 41.5 Å². The van der Waals surface area contributed by atoms with Crippen LogP contribution < -0.4 is 15.5 Å². The molecule has 3 aliphatic rings. The number of anilines is 3. The number of hydrogen-bond donors (Lipinski definition) is 12. The SMILES string of the molecule is C[C@H](/C=C/CC(=O)N(CCO)Cc1ccccc1)[C@@]1(O)C(=O)N(Cc2ccc(NC(=O)[C@H]3O[C@@H](O)[C@H](O)[C@@H](O)[C@@H]3O)cc2)c2ccc(NC(=O)[C@H]3O[C@@H](O)[C@H](O)[C@@H](O)[C@@H]3O)cc21. The van der Waals surface area contributed by atoms with Crippen molar-refractivity contribution < 1.29 is 79.7 Å². The van der Waals surface area contributed by atoms with E-state index in [1.807, 2.05) is 30.3 Å². The van der Waals surface area contributed by atoms with Gasteiger partial charge in [0.2, 0.25) is 5.91 Å². The van der Waals surface area contributed by atoms with Crippen molar-refractivity contribution in [3.63, 3.8) is 0 Å². The van der Waals surface area contributed by atoms with E-state index in [0.29, 0.717) is 5.56 Å². The minimum atomic E-state index is -2.29. The van der Waals surface area contributed by atoms with Crippen LogP contribution in [-0.2, 0) is 47.3 Å². The van der Waals surface area contributed by atoms with Crippen molar-refractivity contribution in [2.45, 2.75) is 93.4 Å². The van der Waals surface area contributed by atoms with Gasteiger partial charge in [0.25, 0.3) is 17.7 Å². The lowest BCUT2D eigenvalue weighted by atomic mass is 9.82. The van der Waals surface area contributed by atoms with Crippen LogP contribution in [0, 0.1) is 5.92 Å². The molecule has 20 nitrogen and oxygen atoms in total. The van der Waals surface area contributed by atoms with E-state index in [9.17, 15) is 70.2 Å². The van der Waals surface area contributed by atoms with E-state index in [-0.39, 0.29) is 61.2 Å². The van der Waals surface area contributed by atoms with Gasteiger partial charge in [0.15, 0.2) is 30.4 Å². The lowest BCUT2D eigenvalue weighted by molar-refractivity contribution is -0.274. The Morgan fingerprint density at radius 3 is 1.87 bits per heavy atom. The first kappa shape index (κ1) is 46.3. The van der Waals surface area contributed by atoms with Crippen molar-refractivity contribution in [3.8, 4) is 0 Å². The quantitative estimate of drug-likeness (QED) is 0.0746. The highest BCUT2D eigenvalue weighted by Gasteiger charge is 2.53. The second-order valence-electron chi connectivity index (χ2n) is 15.3. The molecule has 20 heteroatoms. The van der Waals surface area contributed by atoms with Crippen molar-refractivity contribution in [1.29, 1.82) is 0 Å². The fourth-order valence-corrected chi connectivity index (χ4v) is 7.50. The molecule has 6 rings (SSSR count). The van der Waals surface area contributed by atoms with Gasteiger partial charge in [-0.15, -0.1) is 0 Å². The van der Waals surface area contributed by atoms with Crippen molar-refractivity contribution in [1.82, 2.24) is 4.90 Å². The van der Waals surface area contributed by atoms with Gasteiger partial charge < -0.3 is 81.0 Å². The van der Waals surface area contributed by atoms with E-state index < -0.39 is 90.7 Å². The second-order valence-corrected chi connectivity index (χ2v) is 15.3. The molecular formula is C42H50N4O16. The molecule has 3 aromatic rings. The third-order valence-corrected chi connectivity index (χ3v) is 11.1. The summed E-state index contributed by atoms with van der Waals surface area (Å²) in [6, 6.07) is 19.4. The Bertz CT molecular complexity index is 2110. The zero-order valence-corrected chi connectivity index (χ0v) is 33.3. The zero-order valence-electron chi connectivity index (χ0n) is 33.3. The molecule has 0 aliphatic carbocycles. The largest absolute Gasteiger partial charge is 0.395 e. The molecule has 4 amide bonds. The highest BCUT2D eigenvalue weighted by atomic mass is 16.6. The van der Waals surface area contributed by atoms with E-state index in [2.05, 4.69) is 10.6 Å². The normalized spacial score (nSPS) is 30.2. The maximum Gasteiger partial charge on any atom is 0.264 e. The van der Waals surface area contributed by atoms with Crippen LogP contribution in [0.25, 0.3) is 0 Å². The van der Waals surface area contributed by atoms with Crippen LogP contribution in [-0.4, -0.2) is 154 Å². The third kappa shape index (κ3) is 9.56. The Labute approximate surface area is 354 Å². The topological polar surface area (TPSA) is 320 Å². The predicted octanol–water partition coefficient (Wildman–Crippen LogP) is -2.50. The number of hydrogen-bond acceptors (Lipinski definition) is 16. The lowest BCUT2D eigenvalue weighted by Gasteiger charge is -2.37. The molecule has 12 N–H and O–H groups in total. The number of aliphatic hydroxyl groups is 10. The Kier molecular flexibility index (Phi) is 14.5. The number of carbonyl (C=O) groups is 4. The number of rotatable bonds is 14. The van der Waals surface area contributed by atoms with Crippen LogP contribution in [0.1, 0.15) is 30.0 Å². The molecule has 0 aromatic heterocycles. The molecule has 62 heavy (non-hydrogen) atoms. The maximum absolute atomic E-state index is 14.4. The first-order valence-electron chi connectivity index (χ1n) is 19.7. The first-order chi connectivity index (χ1) is 29.5. The van der Waals surface area contributed by atoms with Crippen LogP contribution in [0.15, 0.2) is 84.9 Å². The fraction of sp³-hybridized carbons (Fsp3) is 0.429. The van der Waals surface area contributed by atoms with Crippen LogP contribution in [0.5, 0.6) is 0 Å². The van der Waals surface area contributed by atoms with Gasteiger partial charge in [0.05, 0.1) is 18.8 Å². The molecule has 3 aliphatic heterocycles. The van der Waals surface area contributed by atoms with Crippen molar-refractivity contribution in [3.05, 3.63) is 102 Å². The summed E-state index contributed by atoms with van der Waals surface area (Å²) in [6.45, 7) is 1.47. The molecule has 334 valence electrons. The van der Waals surface area contributed by atoms with Gasteiger partial charge in [-0.1, -0.05) is 61.5 Å². The van der Waals surface area contributed by atoms with Gasteiger partial charge >= 0.3 is 0 Å². The van der Waals surface area contributed by atoms with E-state index in [1.54, 1.807) is 19.1 Å². The number of carbonyl (C=O) groups excluding carboxylic acids is 4. The van der Waals surface area contributed by atoms with Gasteiger partial charge in [-0.2, -0.15) is 0 Å². The summed E-state index contributed by atoms with van der Waals surface area (Å²) < 4.78 is 10.0. The average molecular weight is 867 g/mol. The van der Waals surface area contributed by atoms with Gasteiger partial charge in [0.1, 0.15) is 36.6 Å². The van der Waals surface area contributed by atoms with Crippen LogP contribution in [0.4, 0.5) is 17.1 Å². The second kappa shape index (κ2) is 19.5. The molecule has 2 fully saturated rings. The molecule has 3 aromatic carbocycles. The third-order valence-electron chi connectivity index (χ3n) is 11.1. The summed E-state index contributed by atoms with van der Waals surface area (Å²) in [6.07, 6.45) is -15.8. The molecule has 3 heterocycles. The molecule has 0 saturated carbocycles. The maximum atomic E-state index is 14.4. The Balaban J connectivity index is 1.23. The number of aliphatic hydroxyl groups excluding tert-OH is 9. The van der Waals surface area contributed by atoms with E-state index in [4.69, 9.17) is 9.47 Å². The highest BCUT2D eigenvalue weighted by Crippen LogP contribution is 2.47. The Hall–Kier alpha value is -5.20. The molecule has 2 saturated heterocycles. The van der Waals surface area contributed by atoms with Gasteiger partial charge in [-0.25, -0.2) is 0 Å². The van der Waals surface area contributed by atoms with Crippen molar-refractivity contribution >= 4 is 40.7 Å². The predicted molar refractivity (Wildman–Crippen MR) is 215 cm³/mol. The summed E-state index contributed by atoms with van der Waals surface area (Å²) in [5.41, 5.74) is -0.452. The van der Waals surface area contributed by atoms with Crippen LogP contribution >= 0.6 is 0 Å². The summed E-state index contributed by atoms with van der Waals surface area (Å²) >= 11 is 0. The summed E-state index contributed by atoms with van der Waals surface area (Å²) in [5, 5.41) is 107. The van der Waals surface area contributed by atoms with Gasteiger partial charge in [-0.3, -0.25) is 19.2 Å². The average Bonchev–Trinajstić information content (AvgIpc) is 3.47. The molecule has 0 unspecified atom stereocenters. The smallest absolute Gasteiger partial charge is 0.264 e. The molecule has 0 spiro atoms. The number of nitrogens with one attached hydrogen (secondary N) is 2. The zero-order chi connectivity index (χ0) is 45.0. The molecule has 0 bridgehead atoms. The van der Waals surface area contributed by atoms with Crippen molar-refractivity contribution in [2.24, 2.45) is 5.92 Å². The summed E-state index contributed by atoms with van der Waals surface area (Å²) in [5.74, 6) is -4.06. The first-order valence-corrected chi connectivity index (χ1v) is 19.7. The highest BCUT2D eigenvalue weighted by molar-refractivity contribution is 6.08. The minimum Gasteiger partial charge on any atom is -0.395 e. The number of benzene rings is 3. The number of ether oxygens (including phenoxy) is 2. The fourth-order valence-electron chi connectivity index (χ4n) is 7.50. The molecule has 12 atom stereocenters. The monoisotopic (exact) mass is 866 g/mol. The summed E-state index contributed by atoms with van der Waals surface area (Å²) in [7, 11) is 0. The number of fused-ring (bicyclic) bond motifs is 1. The van der Waals surface area contributed by atoms with E-state index in [1.165, 1.54) is 52.3 Å². The lowest BCUT2D eigenvalue weighted by Crippen LogP contribution is -2.60. The Morgan fingerprint density at radius 1 is 0.758 bits per heavy atom. The number of amides is 4. The van der Waals surface area contributed by atoms with E-state index >= 15 is 0 Å². The minimum absolute atomic E-state index is 0.0151. The molecule has 0 radical (unpaired) electrons. The van der Waals surface area contributed by atoms with Crippen LogP contribution in [0.2, 0.25) is 0 Å². The molecular weight excluding hydrogens is 816 g/mol. The van der Waals surface area contributed by atoms with Gasteiger partial charge in [0, 0.05) is 42.4 Å².